The number of benzene rings is 2. The van der Waals surface area contributed by atoms with E-state index >= 15 is 0 Å². The van der Waals surface area contributed by atoms with Crippen LogP contribution in [0.5, 0.6) is 0 Å². The Labute approximate surface area is 188 Å². The molecule has 2 aromatic rings. The first kappa shape index (κ1) is 23.3. The van der Waals surface area contributed by atoms with Gasteiger partial charge in [0.15, 0.2) is 0 Å². The standard InChI is InChI=1S/C25H30N2O5/c1-4-22(24(30)27(5-2)16(3)14-23(28)29)26-25(31)32-15-21-19-12-8-6-10-17(19)18-11-7-9-13-20(18)21/h6-13,16,21-22H,4-5,14-15H2,1-3H3,(H,26,31)(H,28,29). The predicted molar refractivity (Wildman–Crippen MR) is 121 cm³/mol. The quantitative estimate of drug-likeness (QED) is 0.617. The molecule has 0 radical (unpaired) electrons. The summed E-state index contributed by atoms with van der Waals surface area (Å²) in [6, 6.07) is 14.9. The molecule has 170 valence electrons. The molecule has 0 bridgehead atoms. The summed E-state index contributed by atoms with van der Waals surface area (Å²) in [7, 11) is 0. The number of carboxylic acid groups (broad SMARTS) is 1. The van der Waals surface area contributed by atoms with Crippen molar-refractivity contribution in [1.82, 2.24) is 10.2 Å². The number of ether oxygens (including phenoxy) is 1. The lowest BCUT2D eigenvalue weighted by Gasteiger charge is -2.30. The summed E-state index contributed by atoms with van der Waals surface area (Å²) in [4.78, 5) is 38.0. The first-order chi connectivity index (χ1) is 15.4. The Morgan fingerprint density at radius 1 is 1.03 bits per heavy atom. The average Bonchev–Trinajstić information content (AvgIpc) is 3.09. The number of hydrogen-bond acceptors (Lipinski definition) is 4. The molecule has 2 amide bonds. The second kappa shape index (κ2) is 10.3. The van der Waals surface area contributed by atoms with E-state index in [0.29, 0.717) is 13.0 Å². The Hall–Kier alpha value is -3.35. The number of alkyl carbamates (subject to hydrolysis) is 1. The van der Waals surface area contributed by atoms with Crippen molar-refractivity contribution in [2.45, 2.75) is 51.6 Å². The third-order valence-electron chi connectivity index (χ3n) is 5.97. The Morgan fingerprint density at radius 3 is 2.09 bits per heavy atom. The number of carbonyl (C=O) groups excluding carboxylic acids is 2. The molecule has 0 saturated heterocycles. The summed E-state index contributed by atoms with van der Waals surface area (Å²) in [5, 5.41) is 11.7. The highest BCUT2D eigenvalue weighted by Crippen LogP contribution is 2.44. The van der Waals surface area contributed by atoms with E-state index in [1.54, 1.807) is 20.8 Å². The van der Waals surface area contributed by atoms with Crippen molar-refractivity contribution in [3.8, 4) is 11.1 Å². The van der Waals surface area contributed by atoms with Crippen molar-refractivity contribution < 1.29 is 24.2 Å². The first-order valence-corrected chi connectivity index (χ1v) is 11.0. The molecule has 2 N–H and O–H groups in total. The van der Waals surface area contributed by atoms with Crippen LogP contribution in [0.2, 0.25) is 0 Å². The van der Waals surface area contributed by atoms with E-state index in [9.17, 15) is 14.4 Å². The van der Waals surface area contributed by atoms with Crippen molar-refractivity contribution in [2.24, 2.45) is 0 Å². The third-order valence-corrected chi connectivity index (χ3v) is 5.97. The van der Waals surface area contributed by atoms with Crippen LogP contribution < -0.4 is 5.32 Å². The summed E-state index contributed by atoms with van der Waals surface area (Å²) in [6.07, 6.45) is -0.436. The van der Waals surface area contributed by atoms with Crippen LogP contribution in [0.15, 0.2) is 48.5 Å². The van der Waals surface area contributed by atoms with Gasteiger partial charge in [0, 0.05) is 18.5 Å². The van der Waals surface area contributed by atoms with Gasteiger partial charge in [0.05, 0.1) is 6.42 Å². The van der Waals surface area contributed by atoms with Crippen molar-refractivity contribution in [3.05, 3.63) is 59.7 Å². The third kappa shape index (κ3) is 4.93. The maximum atomic E-state index is 12.9. The van der Waals surface area contributed by atoms with Gasteiger partial charge in [-0.2, -0.15) is 0 Å². The van der Waals surface area contributed by atoms with Gasteiger partial charge in [0.1, 0.15) is 12.6 Å². The lowest BCUT2D eigenvalue weighted by atomic mass is 9.98. The zero-order valence-corrected chi connectivity index (χ0v) is 18.7. The summed E-state index contributed by atoms with van der Waals surface area (Å²) < 4.78 is 5.55. The van der Waals surface area contributed by atoms with Crippen LogP contribution in [0, 0.1) is 0 Å². The molecule has 2 atom stereocenters. The second-order valence-corrected chi connectivity index (χ2v) is 8.00. The highest BCUT2D eigenvalue weighted by atomic mass is 16.5. The maximum Gasteiger partial charge on any atom is 0.407 e. The molecule has 0 aliphatic heterocycles. The number of nitrogens with one attached hydrogen (secondary N) is 1. The van der Waals surface area contributed by atoms with E-state index in [4.69, 9.17) is 9.84 Å². The molecule has 0 spiro atoms. The lowest BCUT2D eigenvalue weighted by Crippen LogP contribution is -2.51. The minimum atomic E-state index is -0.971. The van der Waals surface area contributed by atoms with Crippen LogP contribution in [0.3, 0.4) is 0 Å². The normalized spacial score (nSPS) is 14.1. The van der Waals surface area contributed by atoms with Gasteiger partial charge in [-0.1, -0.05) is 55.5 Å². The van der Waals surface area contributed by atoms with Gasteiger partial charge < -0.3 is 20.1 Å². The molecular weight excluding hydrogens is 408 g/mol. The largest absolute Gasteiger partial charge is 0.481 e. The van der Waals surface area contributed by atoms with E-state index in [0.717, 1.165) is 22.3 Å². The van der Waals surface area contributed by atoms with Crippen LogP contribution in [-0.4, -0.2) is 53.2 Å². The molecule has 7 heteroatoms. The van der Waals surface area contributed by atoms with Crippen molar-refractivity contribution >= 4 is 18.0 Å². The molecule has 7 nitrogen and oxygen atoms in total. The number of nitrogens with zero attached hydrogens (tertiary/aromatic N) is 1. The smallest absolute Gasteiger partial charge is 0.407 e. The monoisotopic (exact) mass is 438 g/mol. The Kier molecular flexibility index (Phi) is 7.51. The molecule has 32 heavy (non-hydrogen) atoms. The van der Waals surface area contributed by atoms with Gasteiger partial charge in [0.25, 0.3) is 0 Å². The second-order valence-electron chi connectivity index (χ2n) is 8.00. The van der Waals surface area contributed by atoms with E-state index in [1.165, 1.54) is 4.90 Å². The fourth-order valence-electron chi connectivity index (χ4n) is 4.37. The fraction of sp³-hybridized carbons (Fsp3) is 0.400. The number of hydrogen-bond donors (Lipinski definition) is 2. The van der Waals surface area contributed by atoms with Crippen LogP contribution in [0.25, 0.3) is 11.1 Å². The summed E-state index contributed by atoms with van der Waals surface area (Å²) in [5.74, 6) is -1.34. The van der Waals surface area contributed by atoms with Crippen molar-refractivity contribution in [2.75, 3.05) is 13.2 Å². The summed E-state index contributed by atoms with van der Waals surface area (Å²) in [6.45, 7) is 5.79. The van der Waals surface area contributed by atoms with Crippen LogP contribution in [-0.2, 0) is 14.3 Å². The number of aliphatic carboxylic acids is 1. The molecule has 0 heterocycles. The Balaban J connectivity index is 1.65. The van der Waals surface area contributed by atoms with E-state index in [1.807, 2.05) is 36.4 Å². The zero-order chi connectivity index (χ0) is 23.3. The predicted octanol–water partition coefficient (Wildman–Crippen LogP) is 4.02. The van der Waals surface area contributed by atoms with Gasteiger partial charge in [-0.05, 0) is 42.5 Å². The van der Waals surface area contributed by atoms with E-state index in [-0.39, 0.29) is 24.9 Å². The fourth-order valence-corrected chi connectivity index (χ4v) is 4.37. The highest BCUT2D eigenvalue weighted by Gasteiger charge is 2.31. The number of carboxylic acids is 1. The van der Waals surface area contributed by atoms with Crippen LogP contribution in [0.1, 0.15) is 50.7 Å². The SMILES string of the molecule is CCC(NC(=O)OCC1c2ccccc2-c2ccccc21)C(=O)N(CC)C(C)CC(=O)O. The number of rotatable bonds is 9. The van der Waals surface area contributed by atoms with Gasteiger partial charge in [-0.25, -0.2) is 4.79 Å². The van der Waals surface area contributed by atoms with Crippen molar-refractivity contribution in [1.29, 1.82) is 0 Å². The highest BCUT2D eigenvalue weighted by molar-refractivity contribution is 5.86. The zero-order valence-electron chi connectivity index (χ0n) is 18.7. The number of likely N-dealkylation sites (N-methyl/N-ethyl adjacent to an activating group) is 1. The Bertz CT molecular complexity index is 944. The number of carbonyl (C=O) groups is 3. The molecule has 2 unspecified atom stereocenters. The molecule has 0 saturated carbocycles. The first-order valence-electron chi connectivity index (χ1n) is 11.0. The minimum absolute atomic E-state index is 0.0633. The molecule has 1 aliphatic carbocycles. The number of amides is 2. The molecule has 1 aliphatic rings. The molecular formula is C25H30N2O5. The number of fused-ring (bicyclic) bond motifs is 3. The van der Waals surface area contributed by atoms with Gasteiger partial charge in [0.2, 0.25) is 5.91 Å². The summed E-state index contributed by atoms with van der Waals surface area (Å²) in [5.41, 5.74) is 4.52. The van der Waals surface area contributed by atoms with E-state index in [2.05, 4.69) is 17.4 Å². The molecule has 0 aromatic heterocycles. The van der Waals surface area contributed by atoms with Gasteiger partial charge >= 0.3 is 12.1 Å². The van der Waals surface area contributed by atoms with Crippen LogP contribution >= 0.6 is 0 Å². The van der Waals surface area contributed by atoms with Crippen LogP contribution in [0.4, 0.5) is 4.79 Å². The molecule has 3 rings (SSSR count). The minimum Gasteiger partial charge on any atom is -0.481 e. The summed E-state index contributed by atoms with van der Waals surface area (Å²) >= 11 is 0. The van der Waals surface area contributed by atoms with E-state index < -0.39 is 24.1 Å². The maximum absolute atomic E-state index is 12.9. The van der Waals surface area contributed by atoms with Gasteiger partial charge in [-0.15, -0.1) is 0 Å². The Morgan fingerprint density at radius 2 is 1.59 bits per heavy atom. The molecule has 0 fully saturated rings. The van der Waals surface area contributed by atoms with Crippen molar-refractivity contribution in [3.63, 3.8) is 0 Å². The lowest BCUT2D eigenvalue weighted by molar-refractivity contribution is -0.141. The van der Waals surface area contributed by atoms with Gasteiger partial charge in [-0.3, -0.25) is 9.59 Å². The average molecular weight is 439 g/mol. The topological polar surface area (TPSA) is 95.9 Å². The molecule has 2 aromatic carbocycles.